The Labute approximate surface area is 150 Å². The topological polar surface area (TPSA) is 44.8 Å². The minimum Gasteiger partial charge on any atom is -0.496 e. The molecule has 1 amide bonds. The maximum Gasteiger partial charge on any atom is 0.255 e. The molecule has 0 bridgehead atoms. The zero-order valence-electron chi connectivity index (χ0n) is 15.6. The van der Waals surface area contributed by atoms with Gasteiger partial charge in [0.2, 0.25) is 0 Å². The van der Waals surface area contributed by atoms with Crippen LogP contribution in [0.2, 0.25) is 0 Å². The highest BCUT2D eigenvalue weighted by atomic mass is 16.5. The molecule has 0 aromatic heterocycles. The number of nitrogens with one attached hydrogen (secondary N) is 1. The summed E-state index contributed by atoms with van der Waals surface area (Å²) < 4.78 is 5.27. The number of ether oxygens (including phenoxy) is 1. The van der Waals surface area contributed by atoms with Crippen molar-refractivity contribution >= 4 is 11.6 Å². The van der Waals surface area contributed by atoms with Gasteiger partial charge in [-0.25, -0.2) is 0 Å². The molecule has 25 heavy (non-hydrogen) atoms. The van der Waals surface area contributed by atoms with Crippen molar-refractivity contribution in [1.82, 2.24) is 10.2 Å². The summed E-state index contributed by atoms with van der Waals surface area (Å²) in [7, 11) is 9.64. The molecule has 0 heterocycles. The van der Waals surface area contributed by atoms with Crippen LogP contribution in [0.15, 0.2) is 48.5 Å². The van der Waals surface area contributed by atoms with Crippen molar-refractivity contribution in [2.75, 3.05) is 46.7 Å². The zero-order valence-corrected chi connectivity index (χ0v) is 15.6. The number of amides is 1. The summed E-state index contributed by atoms with van der Waals surface area (Å²) >= 11 is 0. The number of benzene rings is 2. The lowest BCUT2D eigenvalue weighted by atomic mass is 10.0. The molecule has 2 rings (SSSR count). The Kier molecular flexibility index (Phi) is 6.42. The molecule has 0 fully saturated rings. The Morgan fingerprint density at radius 1 is 1.04 bits per heavy atom. The molecule has 2 aromatic rings. The average Bonchev–Trinajstić information content (AvgIpc) is 2.61. The smallest absolute Gasteiger partial charge is 0.255 e. The second-order valence-electron chi connectivity index (χ2n) is 6.38. The van der Waals surface area contributed by atoms with Gasteiger partial charge in [0.05, 0.1) is 18.7 Å². The first kappa shape index (κ1) is 18.8. The number of rotatable bonds is 7. The number of anilines is 1. The van der Waals surface area contributed by atoms with Crippen LogP contribution in [0.3, 0.4) is 0 Å². The van der Waals surface area contributed by atoms with Crippen molar-refractivity contribution in [3.8, 4) is 5.75 Å². The van der Waals surface area contributed by atoms with Crippen molar-refractivity contribution < 1.29 is 9.53 Å². The van der Waals surface area contributed by atoms with Crippen LogP contribution in [-0.2, 0) is 0 Å². The Morgan fingerprint density at radius 2 is 1.68 bits per heavy atom. The van der Waals surface area contributed by atoms with Crippen LogP contribution in [0.4, 0.5) is 5.69 Å². The van der Waals surface area contributed by atoms with E-state index in [-0.39, 0.29) is 11.9 Å². The van der Waals surface area contributed by atoms with Crippen molar-refractivity contribution in [2.45, 2.75) is 6.04 Å². The normalized spacial score (nSPS) is 11.9. The van der Waals surface area contributed by atoms with Gasteiger partial charge in [-0.3, -0.25) is 4.79 Å². The molecule has 0 saturated heterocycles. The third-order valence-corrected chi connectivity index (χ3v) is 4.23. The van der Waals surface area contributed by atoms with Crippen LogP contribution in [0.1, 0.15) is 22.0 Å². The second-order valence-corrected chi connectivity index (χ2v) is 6.38. The van der Waals surface area contributed by atoms with Gasteiger partial charge in [-0.05, 0) is 43.9 Å². The van der Waals surface area contributed by atoms with Gasteiger partial charge >= 0.3 is 0 Å². The van der Waals surface area contributed by atoms with Gasteiger partial charge in [0, 0.05) is 26.3 Å². The first-order valence-corrected chi connectivity index (χ1v) is 8.29. The fourth-order valence-corrected chi connectivity index (χ4v) is 2.71. The summed E-state index contributed by atoms with van der Waals surface area (Å²) in [4.78, 5) is 16.7. The summed E-state index contributed by atoms with van der Waals surface area (Å²) in [6.07, 6.45) is 0. The fraction of sp³-hybridized carbons (Fsp3) is 0.350. The second kappa shape index (κ2) is 8.53. The number of likely N-dealkylation sites (N-methyl/N-ethyl adjacent to an activating group) is 1. The molecule has 5 heteroatoms. The maximum atomic E-state index is 12.5. The van der Waals surface area contributed by atoms with E-state index >= 15 is 0 Å². The number of hydrogen-bond donors (Lipinski definition) is 1. The highest BCUT2D eigenvalue weighted by Crippen LogP contribution is 2.22. The monoisotopic (exact) mass is 341 g/mol. The third-order valence-electron chi connectivity index (χ3n) is 4.23. The van der Waals surface area contributed by atoms with Crippen LogP contribution in [0.25, 0.3) is 0 Å². The number of nitrogens with zero attached hydrogens (tertiary/aromatic N) is 2. The van der Waals surface area contributed by atoms with Crippen LogP contribution < -0.4 is 15.0 Å². The van der Waals surface area contributed by atoms with E-state index < -0.39 is 0 Å². The summed E-state index contributed by atoms with van der Waals surface area (Å²) in [6.45, 7) is 0.519. The van der Waals surface area contributed by atoms with E-state index in [0.717, 1.165) is 11.3 Å². The lowest BCUT2D eigenvalue weighted by Gasteiger charge is -2.26. The largest absolute Gasteiger partial charge is 0.496 e. The molecule has 0 aliphatic heterocycles. The third kappa shape index (κ3) is 4.73. The van der Waals surface area contributed by atoms with Gasteiger partial charge in [-0.15, -0.1) is 0 Å². The first-order valence-electron chi connectivity index (χ1n) is 8.29. The van der Waals surface area contributed by atoms with E-state index in [1.54, 1.807) is 19.2 Å². The fourth-order valence-electron chi connectivity index (χ4n) is 2.71. The molecule has 0 spiro atoms. The molecular formula is C20H27N3O2. The quantitative estimate of drug-likeness (QED) is 0.841. The minimum absolute atomic E-state index is 0.0925. The lowest BCUT2D eigenvalue weighted by molar-refractivity contribution is 0.0939. The van der Waals surface area contributed by atoms with Crippen molar-refractivity contribution in [3.63, 3.8) is 0 Å². The molecule has 2 aromatic carbocycles. The van der Waals surface area contributed by atoms with Crippen LogP contribution in [-0.4, -0.2) is 52.7 Å². The van der Waals surface area contributed by atoms with Gasteiger partial charge in [-0.1, -0.05) is 24.3 Å². The van der Waals surface area contributed by atoms with Gasteiger partial charge in [0.1, 0.15) is 5.75 Å². The number of hydrogen-bond acceptors (Lipinski definition) is 4. The SMILES string of the molecule is COc1ccccc1C(=O)NC[C@@H](c1ccc(N(C)C)cc1)N(C)C. The summed E-state index contributed by atoms with van der Waals surface area (Å²) in [6, 6.07) is 15.7. The Bertz CT molecular complexity index is 696. The summed E-state index contributed by atoms with van der Waals surface area (Å²) in [5.74, 6) is 0.450. The number of carbonyl (C=O) groups is 1. The van der Waals surface area contributed by atoms with Gasteiger partial charge in [0.15, 0.2) is 0 Å². The van der Waals surface area contributed by atoms with Gasteiger partial charge < -0.3 is 19.9 Å². The Balaban J connectivity index is 2.10. The van der Waals surface area contributed by atoms with E-state index in [4.69, 9.17) is 4.74 Å². The molecular weight excluding hydrogens is 314 g/mol. The number of para-hydroxylation sites is 1. The van der Waals surface area contributed by atoms with Crippen molar-refractivity contribution in [1.29, 1.82) is 0 Å². The van der Waals surface area contributed by atoms with Crippen molar-refractivity contribution in [2.24, 2.45) is 0 Å². The van der Waals surface area contributed by atoms with E-state index in [2.05, 4.69) is 39.4 Å². The maximum absolute atomic E-state index is 12.5. The van der Waals surface area contributed by atoms with E-state index in [0.29, 0.717) is 17.9 Å². The number of carbonyl (C=O) groups excluding carboxylic acids is 1. The van der Waals surface area contributed by atoms with E-state index in [1.165, 1.54) is 0 Å². The van der Waals surface area contributed by atoms with Crippen molar-refractivity contribution in [3.05, 3.63) is 59.7 Å². The van der Waals surface area contributed by atoms with Gasteiger partial charge in [0.25, 0.3) is 5.91 Å². The lowest BCUT2D eigenvalue weighted by Crippen LogP contribution is -2.34. The Morgan fingerprint density at radius 3 is 2.24 bits per heavy atom. The number of methoxy groups -OCH3 is 1. The predicted octanol–water partition coefficient (Wildman–Crippen LogP) is 2.79. The van der Waals surface area contributed by atoms with E-state index in [9.17, 15) is 4.79 Å². The highest BCUT2D eigenvalue weighted by molar-refractivity contribution is 5.96. The molecule has 0 aliphatic rings. The summed E-state index contributed by atoms with van der Waals surface area (Å²) in [5, 5.41) is 3.02. The highest BCUT2D eigenvalue weighted by Gasteiger charge is 2.17. The first-order chi connectivity index (χ1) is 11.9. The summed E-state index contributed by atoms with van der Waals surface area (Å²) in [5.41, 5.74) is 2.86. The standard InChI is InChI=1S/C20H27N3O2/c1-22(2)16-12-10-15(11-13-16)18(23(3)4)14-21-20(24)17-8-6-7-9-19(17)25-5/h6-13,18H,14H2,1-5H3,(H,21,24)/t18-/m0/s1. The predicted molar refractivity (Wildman–Crippen MR) is 103 cm³/mol. The Hall–Kier alpha value is -2.53. The molecule has 1 atom stereocenters. The molecule has 134 valence electrons. The molecule has 5 nitrogen and oxygen atoms in total. The van der Waals surface area contributed by atoms with E-state index in [1.807, 2.05) is 40.3 Å². The average molecular weight is 341 g/mol. The molecule has 0 unspecified atom stereocenters. The van der Waals surface area contributed by atoms with Crippen LogP contribution >= 0.6 is 0 Å². The van der Waals surface area contributed by atoms with Gasteiger partial charge in [-0.2, -0.15) is 0 Å². The molecule has 0 aliphatic carbocycles. The van der Waals surface area contributed by atoms with Crippen LogP contribution in [0.5, 0.6) is 5.75 Å². The van der Waals surface area contributed by atoms with Crippen LogP contribution in [0, 0.1) is 0 Å². The minimum atomic E-state index is -0.130. The molecule has 0 radical (unpaired) electrons. The molecule has 0 saturated carbocycles. The molecule has 1 N–H and O–H groups in total. The zero-order chi connectivity index (χ0) is 18.4.